The molecule has 104 valence electrons. The van der Waals surface area contributed by atoms with Gasteiger partial charge in [0.1, 0.15) is 0 Å². The first kappa shape index (κ1) is 13.1. The van der Waals surface area contributed by atoms with Gasteiger partial charge < -0.3 is 10.6 Å². The molecule has 5 nitrogen and oxygen atoms in total. The number of carbonyl (C=O) groups excluding carboxylic acids is 1. The Kier molecular flexibility index (Phi) is 3.47. The van der Waals surface area contributed by atoms with Gasteiger partial charge in [0.25, 0.3) is 5.91 Å². The van der Waals surface area contributed by atoms with E-state index in [0.29, 0.717) is 5.56 Å². The van der Waals surface area contributed by atoms with Crippen molar-refractivity contribution in [1.82, 2.24) is 9.97 Å². The van der Waals surface area contributed by atoms with Crippen LogP contribution in [0.25, 0.3) is 10.8 Å². The third kappa shape index (κ3) is 2.53. The number of carbonyl (C=O) groups is 1. The van der Waals surface area contributed by atoms with E-state index in [1.165, 1.54) is 0 Å². The van der Waals surface area contributed by atoms with Crippen LogP contribution in [0.15, 0.2) is 55.1 Å². The molecule has 2 aromatic heterocycles. The molecule has 0 unspecified atom stereocenters. The zero-order valence-corrected chi connectivity index (χ0v) is 11.5. The largest absolute Gasteiger partial charge is 0.387 e. The number of nitrogens with one attached hydrogen (secondary N) is 2. The zero-order chi connectivity index (χ0) is 14.7. The Morgan fingerprint density at radius 1 is 1.00 bits per heavy atom. The van der Waals surface area contributed by atoms with Crippen LogP contribution in [-0.2, 0) is 0 Å². The van der Waals surface area contributed by atoms with Gasteiger partial charge in [0.05, 0.1) is 5.56 Å². The highest BCUT2D eigenvalue weighted by Crippen LogP contribution is 2.23. The lowest BCUT2D eigenvalue weighted by molar-refractivity contribution is 0.102. The first-order valence-corrected chi connectivity index (χ1v) is 6.55. The van der Waals surface area contributed by atoms with Crippen molar-refractivity contribution in [2.24, 2.45) is 0 Å². The molecule has 5 heteroatoms. The molecule has 3 aromatic rings. The maximum atomic E-state index is 12.4. The smallest absolute Gasteiger partial charge is 0.259 e. The summed E-state index contributed by atoms with van der Waals surface area (Å²) in [5.74, 6) is -0.197. The van der Waals surface area contributed by atoms with Crippen LogP contribution in [0, 0.1) is 0 Å². The summed E-state index contributed by atoms with van der Waals surface area (Å²) in [5, 5.41) is 7.85. The first-order chi connectivity index (χ1) is 10.3. The fourth-order valence-electron chi connectivity index (χ4n) is 2.21. The van der Waals surface area contributed by atoms with Gasteiger partial charge >= 0.3 is 0 Å². The summed E-state index contributed by atoms with van der Waals surface area (Å²) >= 11 is 0. The maximum absolute atomic E-state index is 12.4. The highest BCUT2D eigenvalue weighted by Gasteiger charge is 2.12. The summed E-state index contributed by atoms with van der Waals surface area (Å²) in [6.45, 7) is 0. The van der Waals surface area contributed by atoms with Crippen LogP contribution < -0.4 is 10.6 Å². The van der Waals surface area contributed by atoms with Crippen molar-refractivity contribution in [1.29, 1.82) is 0 Å². The topological polar surface area (TPSA) is 66.9 Å². The predicted octanol–water partition coefficient (Wildman–Crippen LogP) is 2.92. The van der Waals surface area contributed by atoms with Gasteiger partial charge in [0, 0.05) is 54.0 Å². The Hall–Kier alpha value is -2.95. The highest BCUT2D eigenvalue weighted by atomic mass is 16.1. The van der Waals surface area contributed by atoms with Gasteiger partial charge in [0.15, 0.2) is 0 Å². The molecular weight excluding hydrogens is 264 g/mol. The molecule has 1 aromatic carbocycles. The van der Waals surface area contributed by atoms with Crippen molar-refractivity contribution in [3.63, 3.8) is 0 Å². The Morgan fingerprint density at radius 2 is 1.81 bits per heavy atom. The average molecular weight is 278 g/mol. The van der Waals surface area contributed by atoms with Crippen LogP contribution in [0.3, 0.4) is 0 Å². The Labute approximate surface area is 122 Å². The molecule has 0 bridgehead atoms. The van der Waals surface area contributed by atoms with Crippen LogP contribution in [0.5, 0.6) is 0 Å². The number of amides is 1. The van der Waals surface area contributed by atoms with E-state index in [1.54, 1.807) is 37.9 Å². The number of hydrogen-bond donors (Lipinski definition) is 2. The number of nitrogens with zero attached hydrogens (tertiary/aromatic N) is 2. The molecule has 0 aliphatic carbocycles. The average Bonchev–Trinajstić information content (AvgIpc) is 2.55. The SMILES string of the molecule is CNc1ccncc1C(=O)Nc1cccc2cnccc12. The van der Waals surface area contributed by atoms with E-state index >= 15 is 0 Å². The number of anilines is 2. The summed E-state index contributed by atoms with van der Waals surface area (Å²) < 4.78 is 0. The van der Waals surface area contributed by atoms with Crippen molar-refractivity contribution in [3.05, 3.63) is 60.7 Å². The second kappa shape index (κ2) is 5.58. The Morgan fingerprint density at radius 3 is 2.67 bits per heavy atom. The molecule has 0 spiro atoms. The first-order valence-electron chi connectivity index (χ1n) is 6.55. The highest BCUT2D eigenvalue weighted by molar-refractivity contribution is 6.11. The third-order valence-corrected chi connectivity index (χ3v) is 3.26. The number of aromatic nitrogens is 2. The van der Waals surface area contributed by atoms with Gasteiger partial charge in [-0.3, -0.25) is 14.8 Å². The molecule has 0 aliphatic heterocycles. The minimum absolute atomic E-state index is 0.197. The van der Waals surface area contributed by atoms with E-state index in [4.69, 9.17) is 0 Å². The summed E-state index contributed by atoms with van der Waals surface area (Å²) in [6.07, 6.45) is 6.68. The van der Waals surface area contributed by atoms with Crippen LogP contribution in [0.2, 0.25) is 0 Å². The van der Waals surface area contributed by atoms with Crippen molar-refractivity contribution < 1.29 is 4.79 Å². The van der Waals surface area contributed by atoms with E-state index in [1.807, 2.05) is 24.3 Å². The van der Waals surface area contributed by atoms with E-state index < -0.39 is 0 Å². The minimum Gasteiger partial charge on any atom is -0.387 e. The molecule has 0 aliphatic rings. The van der Waals surface area contributed by atoms with Gasteiger partial charge in [0.2, 0.25) is 0 Å². The molecule has 0 saturated carbocycles. The van der Waals surface area contributed by atoms with E-state index in [0.717, 1.165) is 22.1 Å². The molecule has 0 saturated heterocycles. The summed E-state index contributed by atoms with van der Waals surface area (Å²) in [5.41, 5.74) is 2.00. The summed E-state index contributed by atoms with van der Waals surface area (Å²) in [6, 6.07) is 9.37. The predicted molar refractivity (Wildman–Crippen MR) is 83.5 cm³/mol. The molecule has 0 radical (unpaired) electrons. The number of pyridine rings is 2. The monoisotopic (exact) mass is 278 g/mol. The number of rotatable bonds is 3. The van der Waals surface area contributed by atoms with E-state index in [-0.39, 0.29) is 5.91 Å². The summed E-state index contributed by atoms with van der Waals surface area (Å²) in [4.78, 5) is 20.5. The maximum Gasteiger partial charge on any atom is 0.259 e. The Balaban J connectivity index is 1.97. The molecular formula is C16H14N4O. The lowest BCUT2D eigenvalue weighted by Crippen LogP contribution is -2.14. The fraction of sp³-hybridized carbons (Fsp3) is 0.0625. The number of fused-ring (bicyclic) bond motifs is 1. The lowest BCUT2D eigenvalue weighted by atomic mass is 10.1. The third-order valence-electron chi connectivity index (χ3n) is 3.26. The van der Waals surface area contributed by atoms with Gasteiger partial charge in [-0.1, -0.05) is 12.1 Å². The number of benzene rings is 1. The van der Waals surface area contributed by atoms with Crippen LogP contribution in [0.1, 0.15) is 10.4 Å². The van der Waals surface area contributed by atoms with Crippen molar-refractivity contribution >= 4 is 28.1 Å². The lowest BCUT2D eigenvalue weighted by Gasteiger charge is -2.11. The molecule has 0 atom stereocenters. The molecule has 1 amide bonds. The van der Waals surface area contributed by atoms with Crippen molar-refractivity contribution in [3.8, 4) is 0 Å². The van der Waals surface area contributed by atoms with Crippen LogP contribution in [0.4, 0.5) is 11.4 Å². The molecule has 3 rings (SSSR count). The quantitative estimate of drug-likeness (QED) is 0.773. The summed E-state index contributed by atoms with van der Waals surface area (Å²) in [7, 11) is 1.77. The Bertz CT molecular complexity index is 796. The molecule has 2 heterocycles. The van der Waals surface area contributed by atoms with Crippen molar-refractivity contribution in [2.75, 3.05) is 17.7 Å². The molecule has 0 fully saturated rings. The second-order valence-electron chi connectivity index (χ2n) is 4.53. The van der Waals surface area contributed by atoms with Crippen molar-refractivity contribution in [2.45, 2.75) is 0 Å². The standard InChI is InChI=1S/C16H14N4O/c1-17-14-6-8-19-10-13(14)16(21)20-15-4-2-3-11-9-18-7-5-12(11)15/h2-10H,1H3,(H,17,19)(H,20,21). The fourth-order valence-corrected chi connectivity index (χ4v) is 2.21. The van der Waals surface area contributed by atoms with Gasteiger partial charge in [-0.2, -0.15) is 0 Å². The van der Waals surface area contributed by atoms with Gasteiger partial charge in [-0.15, -0.1) is 0 Å². The van der Waals surface area contributed by atoms with Crippen LogP contribution in [-0.4, -0.2) is 22.9 Å². The van der Waals surface area contributed by atoms with Gasteiger partial charge in [-0.25, -0.2) is 0 Å². The van der Waals surface area contributed by atoms with Crippen LogP contribution >= 0.6 is 0 Å². The van der Waals surface area contributed by atoms with Gasteiger partial charge in [-0.05, 0) is 18.2 Å². The minimum atomic E-state index is -0.197. The number of hydrogen-bond acceptors (Lipinski definition) is 4. The van der Waals surface area contributed by atoms with E-state index in [2.05, 4.69) is 20.6 Å². The zero-order valence-electron chi connectivity index (χ0n) is 11.5. The normalized spacial score (nSPS) is 10.3. The second-order valence-corrected chi connectivity index (χ2v) is 4.53. The molecule has 2 N–H and O–H groups in total. The molecule has 21 heavy (non-hydrogen) atoms. The van der Waals surface area contributed by atoms with E-state index in [9.17, 15) is 4.79 Å².